The second-order valence-electron chi connectivity index (χ2n) is 5.03. The summed E-state index contributed by atoms with van der Waals surface area (Å²) in [6.07, 6.45) is 1.05. The zero-order valence-corrected chi connectivity index (χ0v) is 13.8. The zero-order valence-electron chi connectivity index (χ0n) is 12.9. The van der Waals surface area contributed by atoms with E-state index < -0.39 is 0 Å². The Morgan fingerprint density at radius 2 is 2.17 bits per heavy atom. The van der Waals surface area contributed by atoms with Crippen LogP contribution in [0.25, 0.3) is 4.96 Å². The van der Waals surface area contributed by atoms with Crippen molar-refractivity contribution in [1.29, 1.82) is 0 Å². The molecular weight excluding hydrogens is 314 g/mol. The first kappa shape index (κ1) is 15.4. The van der Waals surface area contributed by atoms with Gasteiger partial charge in [0.05, 0.1) is 13.7 Å². The van der Waals surface area contributed by atoms with Crippen molar-refractivity contribution in [2.75, 3.05) is 7.11 Å². The molecule has 7 nitrogen and oxygen atoms in total. The molecule has 0 unspecified atom stereocenters. The first-order valence-electron chi connectivity index (χ1n) is 7.23. The molecule has 0 aliphatic heterocycles. The Bertz CT molecular complexity index is 826. The van der Waals surface area contributed by atoms with Crippen LogP contribution in [0.2, 0.25) is 0 Å². The fraction of sp³-hybridized carbons (Fsp3) is 0.333. The Morgan fingerprint density at radius 3 is 2.96 bits per heavy atom. The number of aromatic nitrogens is 4. The summed E-state index contributed by atoms with van der Waals surface area (Å²) in [5.74, 6) is 1.54. The summed E-state index contributed by atoms with van der Waals surface area (Å²) in [7, 11) is 1.63. The molecule has 1 amide bonds. The number of ether oxygens (including phenoxy) is 1. The Balaban J connectivity index is 1.53. The summed E-state index contributed by atoms with van der Waals surface area (Å²) in [5, 5.41) is 16.0. The predicted octanol–water partition coefficient (Wildman–Crippen LogP) is 1.75. The van der Waals surface area contributed by atoms with Gasteiger partial charge in [0.25, 0.3) is 0 Å². The zero-order chi connectivity index (χ0) is 16.2. The number of carbonyl (C=O) groups excluding carboxylic acids is 1. The van der Waals surface area contributed by atoms with Crippen molar-refractivity contribution in [3.05, 3.63) is 40.7 Å². The molecule has 0 aliphatic rings. The van der Waals surface area contributed by atoms with Gasteiger partial charge in [0, 0.05) is 6.42 Å². The Kier molecular flexibility index (Phi) is 4.52. The second-order valence-corrected chi connectivity index (χ2v) is 6.07. The molecule has 0 bridgehead atoms. The van der Waals surface area contributed by atoms with Gasteiger partial charge in [-0.25, -0.2) is 0 Å². The summed E-state index contributed by atoms with van der Waals surface area (Å²) in [4.78, 5) is 12.7. The number of aryl methyl sites for hydroxylation is 2. The molecule has 2 aromatic heterocycles. The SMILES string of the molecule is COc1ccccc1CCC(=O)NCc1nn2c(C)nnc2s1. The molecular formula is C15H17N5O2S. The molecule has 0 spiro atoms. The molecule has 0 radical (unpaired) electrons. The number of nitrogens with one attached hydrogen (secondary N) is 1. The number of amides is 1. The van der Waals surface area contributed by atoms with Gasteiger partial charge in [-0.1, -0.05) is 29.5 Å². The lowest BCUT2D eigenvalue weighted by Crippen LogP contribution is -2.23. The lowest BCUT2D eigenvalue weighted by atomic mass is 10.1. The Labute approximate surface area is 137 Å². The number of hydrogen-bond acceptors (Lipinski definition) is 6. The van der Waals surface area contributed by atoms with Crippen molar-refractivity contribution in [2.45, 2.75) is 26.3 Å². The van der Waals surface area contributed by atoms with Gasteiger partial charge >= 0.3 is 0 Å². The quantitative estimate of drug-likeness (QED) is 0.744. The third-order valence-corrected chi connectivity index (χ3v) is 4.34. The average Bonchev–Trinajstić information content (AvgIpc) is 3.13. The smallest absolute Gasteiger partial charge is 0.234 e. The van der Waals surface area contributed by atoms with Gasteiger partial charge in [-0.2, -0.15) is 9.61 Å². The number of hydrogen-bond donors (Lipinski definition) is 1. The lowest BCUT2D eigenvalue weighted by Gasteiger charge is -2.07. The van der Waals surface area contributed by atoms with E-state index in [1.807, 2.05) is 31.2 Å². The van der Waals surface area contributed by atoms with Gasteiger partial charge in [-0.3, -0.25) is 4.79 Å². The summed E-state index contributed by atoms with van der Waals surface area (Å²) in [6.45, 7) is 2.24. The molecule has 1 N–H and O–H groups in total. The molecule has 3 rings (SSSR count). The number of nitrogens with zero attached hydrogens (tertiary/aromatic N) is 4. The van der Waals surface area contributed by atoms with E-state index in [1.165, 1.54) is 11.3 Å². The Morgan fingerprint density at radius 1 is 1.35 bits per heavy atom. The van der Waals surface area contributed by atoms with Crippen molar-refractivity contribution in [3.63, 3.8) is 0 Å². The largest absolute Gasteiger partial charge is 0.496 e. The average molecular weight is 331 g/mol. The highest BCUT2D eigenvalue weighted by Crippen LogP contribution is 2.19. The third-order valence-electron chi connectivity index (χ3n) is 3.44. The maximum absolute atomic E-state index is 12.0. The minimum atomic E-state index is -0.0152. The first-order valence-corrected chi connectivity index (χ1v) is 8.05. The van der Waals surface area contributed by atoms with E-state index >= 15 is 0 Å². The Hall–Kier alpha value is -2.48. The van der Waals surface area contributed by atoms with Gasteiger partial charge < -0.3 is 10.1 Å². The van der Waals surface area contributed by atoms with E-state index in [9.17, 15) is 4.79 Å². The highest BCUT2D eigenvalue weighted by atomic mass is 32.1. The normalized spacial score (nSPS) is 10.9. The molecule has 120 valence electrons. The van der Waals surface area contributed by atoms with Crippen molar-refractivity contribution in [1.82, 2.24) is 25.1 Å². The van der Waals surface area contributed by atoms with Crippen LogP contribution in [0, 0.1) is 6.92 Å². The predicted molar refractivity (Wildman–Crippen MR) is 86.6 cm³/mol. The van der Waals surface area contributed by atoms with Crippen LogP contribution in [0.1, 0.15) is 22.8 Å². The van der Waals surface area contributed by atoms with Gasteiger partial charge in [-0.05, 0) is 25.0 Å². The molecule has 8 heteroatoms. The number of rotatable bonds is 6. The van der Waals surface area contributed by atoms with E-state index in [0.717, 1.165) is 27.1 Å². The first-order chi connectivity index (χ1) is 11.2. The van der Waals surface area contributed by atoms with Crippen LogP contribution in [0.5, 0.6) is 5.75 Å². The maximum atomic E-state index is 12.0. The maximum Gasteiger partial charge on any atom is 0.234 e. The van der Waals surface area contributed by atoms with Gasteiger partial charge in [0.2, 0.25) is 10.9 Å². The summed E-state index contributed by atoms with van der Waals surface area (Å²) in [6, 6.07) is 7.72. The monoisotopic (exact) mass is 331 g/mol. The van der Waals surface area contributed by atoms with E-state index in [4.69, 9.17) is 4.74 Å². The van der Waals surface area contributed by atoms with E-state index in [0.29, 0.717) is 19.4 Å². The van der Waals surface area contributed by atoms with Crippen LogP contribution in [0.4, 0.5) is 0 Å². The second kappa shape index (κ2) is 6.74. The van der Waals surface area contributed by atoms with E-state index in [-0.39, 0.29) is 5.91 Å². The van der Waals surface area contributed by atoms with Crippen molar-refractivity contribution in [3.8, 4) is 5.75 Å². The van der Waals surface area contributed by atoms with Crippen LogP contribution >= 0.6 is 11.3 Å². The lowest BCUT2D eigenvalue weighted by molar-refractivity contribution is -0.121. The molecule has 23 heavy (non-hydrogen) atoms. The number of carbonyl (C=O) groups is 1. The van der Waals surface area contributed by atoms with Crippen LogP contribution in [0.15, 0.2) is 24.3 Å². The number of benzene rings is 1. The van der Waals surface area contributed by atoms with E-state index in [2.05, 4.69) is 20.6 Å². The van der Waals surface area contributed by atoms with Crippen molar-refractivity contribution >= 4 is 22.2 Å². The number of methoxy groups -OCH3 is 1. The van der Waals surface area contributed by atoms with E-state index in [1.54, 1.807) is 11.6 Å². The fourth-order valence-corrected chi connectivity index (χ4v) is 3.06. The topological polar surface area (TPSA) is 81.4 Å². The highest BCUT2D eigenvalue weighted by molar-refractivity contribution is 7.16. The summed E-state index contributed by atoms with van der Waals surface area (Å²) < 4.78 is 6.97. The van der Waals surface area contributed by atoms with Crippen LogP contribution < -0.4 is 10.1 Å². The van der Waals surface area contributed by atoms with Gasteiger partial charge in [0.15, 0.2) is 5.82 Å². The number of para-hydroxylation sites is 1. The molecule has 2 heterocycles. The molecule has 0 aliphatic carbocycles. The van der Waals surface area contributed by atoms with Crippen molar-refractivity contribution in [2.24, 2.45) is 0 Å². The molecule has 3 aromatic rings. The molecule has 0 fully saturated rings. The standard InChI is InChI=1S/C15H17N5O2S/c1-10-17-18-15-20(10)19-14(23-15)9-16-13(21)8-7-11-5-3-4-6-12(11)22-2/h3-6H,7-9H2,1-2H3,(H,16,21). The molecule has 0 saturated heterocycles. The number of fused-ring (bicyclic) bond motifs is 1. The summed E-state index contributed by atoms with van der Waals surface area (Å²) >= 11 is 1.42. The fourth-order valence-electron chi connectivity index (χ4n) is 2.25. The third kappa shape index (κ3) is 3.48. The van der Waals surface area contributed by atoms with Crippen molar-refractivity contribution < 1.29 is 9.53 Å². The molecule has 1 aromatic carbocycles. The summed E-state index contributed by atoms with van der Waals surface area (Å²) in [5.41, 5.74) is 1.03. The van der Waals surface area contributed by atoms with Crippen LogP contribution in [-0.4, -0.2) is 32.8 Å². The highest BCUT2D eigenvalue weighted by Gasteiger charge is 2.10. The minimum absolute atomic E-state index is 0.0152. The van der Waals surface area contributed by atoms with Gasteiger partial charge in [0.1, 0.15) is 10.8 Å². The molecule has 0 atom stereocenters. The molecule has 0 saturated carbocycles. The van der Waals surface area contributed by atoms with Gasteiger partial charge in [-0.15, -0.1) is 10.2 Å². The minimum Gasteiger partial charge on any atom is -0.496 e. The van der Waals surface area contributed by atoms with Crippen LogP contribution in [0.3, 0.4) is 0 Å². The van der Waals surface area contributed by atoms with Crippen LogP contribution in [-0.2, 0) is 17.8 Å².